The van der Waals surface area contributed by atoms with Crippen LogP contribution in [-0.4, -0.2) is 50.5 Å². The highest BCUT2D eigenvalue weighted by Crippen LogP contribution is 2.35. The largest absolute Gasteiger partial charge is 0.354 e. The van der Waals surface area contributed by atoms with Crippen molar-refractivity contribution in [1.82, 2.24) is 29.9 Å². The summed E-state index contributed by atoms with van der Waals surface area (Å²) >= 11 is 0. The summed E-state index contributed by atoms with van der Waals surface area (Å²) < 4.78 is 26.8. The van der Waals surface area contributed by atoms with Crippen molar-refractivity contribution >= 4 is 44.0 Å². The molecule has 3 heterocycles. The van der Waals surface area contributed by atoms with Crippen molar-refractivity contribution in [1.29, 1.82) is 0 Å². The van der Waals surface area contributed by atoms with Gasteiger partial charge in [0.05, 0.1) is 21.7 Å². The first-order valence-corrected chi connectivity index (χ1v) is 12.2. The van der Waals surface area contributed by atoms with Gasteiger partial charge in [-0.3, -0.25) is 14.6 Å². The lowest BCUT2D eigenvalue weighted by atomic mass is 10.1. The maximum Gasteiger partial charge on any atom is 0.228 e. The Balaban J connectivity index is 1.58. The van der Waals surface area contributed by atoms with Gasteiger partial charge < -0.3 is 10.6 Å². The first-order valence-electron chi connectivity index (χ1n) is 10.3. The molecule has 1 aliphatic carbocycles. The number of benzene rings is 1. The van der Waals surface area contributed by atoms with Crippen LogP contribution in [0.25, 0.3) is 22.4 Å². The molecule has 0 unspecified atom stereocenters. The second-order valence-corrected chi connectivity index (χ2v) is 10.2. The molecule has 3 N–H and O–H groups in total. The number of aromatic amines is 1. The predicted octanol–water partition coefficient (Wildman–Crippen LogP) is 2.56. The van der Waals surface area contributed by atoms with Gasteiger partial charge in [-0.15, -0.1) is 0 Å². The quantitative estimate of drug-likeness (QED) is 0.393. The number of aromatic nitrogens is 6. The third kappa shape index (κ3) is 4.16. The Morgan fingerprint density at radius 3 is 2.67 bits per heavy atom. The molecule has 0 atom stereocenters. The zero-order valence-corrected chi connectivity index (χ0v) is 19.1. The maximum atomic E-state index is 12.6. The number of hydrogen-bond donors (Lipinski definition) is 3. The zero-order chi connectivity index (χ0) is 23.3. The number of fused-ring (bicyclic) bond motifs is 1. The van der Waals surface area contributed by atoms with Crippen LogP contribution in [0.3, 0.4) is 0 Å². The molecular formula is C21H22N8O3S. The van der Waals surface area contributed by atoms with Crippen LogP contribution in [0, 0.1) is 12.8 Å². The molecule has 0 bridgehead atoms. The third-order valence-electron chi connectivity index (χ3n) is 5.41. The van der Waals surface area contributed by atoms with Crippen molar-refractivity contribution < 1.29 is 13.2 Å². The van der Waals surface area contributed by atoms with Crippen molar-refractivity contribution in [3.8, 4) is 11.4 Å². The topological polar surface area (TPSA) is 148 Å². The van der Waals surface area contributed by atoms with E-state index in [1.807, 2.05) is 6.92 Å². The third-order valence-corrected chi connectivity index (χ3v) is 6.55. The van der Waals surface area contributed by atoms with E-state index in [4.69, 9.17) is 0 Å². The Hall–Kier alpha value is -3.80. The van der Waals surface area contributed by atoms with E-state index in [9.17, 15) is 13.2 Å². The van der Waals surface area contributed by atoms with E-state index < -0.39 is 9.84 Å². The average molecular weight is 467 g/mol. The Kier molecular flexibility index (Phi) is 4.89. The van der Waals surface area contributed by atoms with Gasteiger partial charge in [-0.25, -0.2) is 18.4 Å². The number of carbonyl (C=O) groups is 1. The lowest BCUT2D eigenvalue weighted by Crippen LogP contribution is -2.14. The standard InChI is InChI=1S/C21H22N8O3S/c1-11-18-15(9-17(24-20(18)27-26-11)25-21(30)12-4-5-12)23-14-7-6-13(8-16(14)33(3,31)32)19-22-10-29(2)28-19/h6-10,12H,4-5H2,1-3H3,(H3,23,24,25,26,27,30). The lowest BCUT2D eigenvalue weighted by molar-refractivity contribution is -0.117. The van der Waals surface area contributed by atoms with Crippen molar-refractivity contribution in [3.63, 3.8) is 0 Å². The van der Waals surface area contributed by atoms with E-state index >= 15 is 0 Å². The van der Waals surface area contributed by atoms with E-state index in [0.29, 0.717) is 39.6 Å². The minimum atomic E-state index is -3.59. The molecule has 0 saturated heterocycles. The van der Waals surface area contributed by atoms with Gasteiger partial charge in [0.15, 0.2) is 21.3 Å². The summed E-state index contributed by atoms with van der Waals surface area (Å²) in [6, 6.07) is 6.66. The number of rotatable bonds is 6. The second-order valence-electron chi connectivity index (χ2n) is 8.22. The molecule has 0 radical (unpaired) electrons. The van der Waals surface area contributed by atoms with Crippen molar-refractivity contribution in [2.75, 3.05) is 16.9 Å². The smallest absolute Gasteiger partial charge is 0.228 e. The monoisotopic (exact) mass is 466 g/mol. The molecule has 1 aliphatic rings. The molecule has 3 aromatic heterocycles. The Morgan fingerprint density at radius 2 is 2.00 bits per heavy atom. The fourth-order valence-electron chi connectivity index (χ4n) is 3.60. The zero-order valence-electron chi connectivity index (χ0n) is 18.2. The van der Waals surface area contributed by atoms with E-state index in [0.717, 1.165) is 24.8 Å². The van der Waals surface area contributed by atoms with Crippen LogP contribution in [0.4, 0.5) is 17.2 Å². The van der Waals surface area contributed by atoms with Gasteiger partial charge in [-0.2, -0.15) is 10.2 Å². The van der Waals surface area contributed by atoms with E-state index in [-0.39, 0.29) is 16.7 Å². The summed E-state index contributed by atoms with van der Waals surface area (Å²) in [7, 11) is -1.85. The Bertz CT molecular complexity index is 1500. The Morgan fingerprint density at radius 1 is 1.21 bits per heavy atom. The van der Waals surface area contributed by atoms with Gasteiger partial charge in [-0.1, -0.05) is 0 Å². The fraction of sp³-hybridized carbons (Fsp3) is 0.286. The van der Waals surface area contributed by atoms with Crippen LogP contribution < -0.4 is 10.6 Å². The Labute approximate surface area is 189 Å². The van der Waals surface area contributed by atoms with Crippen LogP contribution in [0.15, 0.2) is 35.5 Å². The van der Waals surface area contributed by atoms with Crippen molar-refractivity contribution in [2.24, 2.45) is 13.0 Å². The molecule has 1 fully saturated rings. The van der Waals surface area contributed by atoms with E-state index in [1.54, 1.807) is 42.3 Å². The van der Waals surface area contributed by atoms with Crippen LogP contribution >= 0.6 is 0 Å². The summed E-state index contributed by atoms with van der Waals surface area (Å²) in [4.78, 5) is 21.0. The number of anilines is 3. The summed E-state index contributed by atoms with van der Waals surface area (Å²) in [5.41, 5.74) is 2.71. The van der Waals surface area contributed by atoms with Crippen LogP contribution in [0.2, 0.25) is 0 Å². The summed E-state index contributed by atoms with van der Waals surface area (Å²) in [5.74, 6) is 0.716. The van der Waals surface area contributed by atoms with Gasteiger partial charge in [0, 0.05) is 36.5 Å². The number of nitrogens with one attached hydrogen (secondary N) is 3. The summed E-state index contributed by atoms with van der Waals surface area (Å²) in [5, 5.41) is 18.1. The molecular weight excluding hydrogens is 444 g/mol. The molecule has 1 aromatic carbocycles. The predicted molar refractivity (Wildman–Crippen MR) is 123 cm³/mol. The van der Waals surface area contributed by atoms with Crippen LogP contribution in [-0.2, 0) is 21.7 Å². The summed E-state index contributed by atoms with van der Waals surface area (Å²) in [6.07, 6.45) is 4.44. The lowest BCUT2D eigenvalue weighted by Gasteiger charge is -2.14. The van der Waals surface area contributed by atoms with Gasteiger partial charge in [0.25, 0.3) is 0 Å². The van der Waals surface area contributed by atoms with Crippen LogP contribution in [0.1, 0.15) is 18.5 Å². The summed E-state index contributed by atoms with van der Waals surface area (Å²) in [6.45, 7) is 1.85. The molecule has 33 heavy (non-hydrogen) atoms. The molecule has 4 aromatic rings. The SMILES string of the molecule is Cc1[nH]nc2nc(NC(=O)C3CC3)cc(Nc3ccc(-c4ncn(C)n4)cc3S(C)(=O)=O)c12. The second kappa shape index (κ2) is 7.66. The van der Waals surface area contributed by atoms with Crippen LogP contribution in [0.5, 0.6) is 0 Å². The average Bonchev–Trinajstić information content (AvgIpc) is 3.42. The number of pyridine rings is 1. The molecule has 0 spiro atoms. The highest BCUT2D eigenvalue weighted by molar-refractivity contribution is 7.90. The molecule has 11 nitrogen and oxygen atoms in total. The normalized spacial score (nSPS) is 13.9. The number of aryl methyl sites for hydroxylation is 2. The number of amides is 1. The first-order chi connectivity index (χ1) is 15.7. The number of carbonyl (C=O) groups excluding carboxylic acids is 1. The molecule has 5 rings (SSSR count). The maximum absolute atomic E-state index is 12.6. The minimum absolute atomic E-state index is 0.0180. The highest BCUT2D eigenvalue weighted by atomic mass is 32.2. The number of H-pyrrole nitrogens is 1. The first kappa shape index (κ1) is 21.1. The molecule has 1 amide bonds. The molecule has 1 saturated carbocycles. The van der Waals surface area contributed by atoms with E-state index in [2.05, 4.69) is 35.9 Å². The van der Waals surface area contributed by atoms with Gasteiger partial charge >= 0.3 is 0 Å². The number of hydrogen-bond acceptors (Lipinski definition) is 8. The number of sulfone groups is 1. The highest BCUT2D eigenvalue weighted by Gasteiger charge is 2.30. The fourth-order valence-corrected chi connectivity index (χ4v) is 4.46. The van der Waals surface area contributed by atoms with Crippen molar-refractivity contribution in [2.45, 2.75) is 24.7 Å². The molecule has 12 heteroatoms. The van der Waals surface area contributed by atoms with Crippen molar-refractivity contribution in [3.05, 3.63) is 36.3 Å². The van der Waals surface area contributed by atoms with Gasteiger partial charge in [0.1, 0.15) is 12.1 Å². The van der Waals surface area contributed by atoms with E-state index in [1.165, 1.54) is 0 Å². The molecule has 0 aliphatic heterocycles. The van der Waals surface area contributed by atoms with Gasteiger partial charge in [0.2, 0.25) is 5.91 Å². The van der Waals surface area contributed by atoms with Gasteiger partial charge in [-0.05, 0) is 38.0 Å². The minimum Gasteiger partial charge on any atom is -0.354 e. The molecule has 170 valence electrons. The number of nitrogens with zero attached hydrogens (tertiary/aromatic N) is 5.